The van der Waals surface area contributed by atoms with Crippen LogP contribution in [-0.4, -0.2) is 45.5 Å². The van der Waals surface area contributed by atoms with Gasteiger partial charge in [-0.1, -0.05) is 6.07 Å². The van der Waals surface area contributed by atoms with Crippen LogP contribution in [0.2, 0.25) is 0 Å². The Balaban J connectivity index is 2.27. The third-order valence-corrected chi connectivity index (χ3v) is 4.36. The molecule has 1 heterocycles. The van der Waals surface area contributed by atoms with E-state index in [1.54, 1.807) is 39.0 Å². The zero-order valence-corrected chi connectivity index (χ0v) is 16.8. The first kappa shape index (κ1) is 21.5. The highest BCUT2D eigenvalue weighted by molar-refractivity contribution is 5.95. The molecular weight excluding hydrogens is 368 g/mol. The molecular formula is C20H26O8. The lowest BCUT2D eigenvalue weighted by Crippen LogP contribution is -2.38. The Bertz CT molecular complexity index is 718. The number of hydrogen-bond acceptors (Lipinski definition) is 8. The Hall–Kier alpha value is -2.77. The van der Waals surface area contributed by atoms with Gasteiger partial charge in [-0.05, 0) is 44.9 Å². The lowest BCUT2D eigenvalue weighted by molar-refractivity contribution is -0.167. The average molecular weight is 394 g/mol. The van der Waals surface area contributed by atoms with E-state index < -0.39 is 35.2 Å². The number of benzene rings is 1. The third kappa shape index (κ3) is 5.15. The van der Waals surface area contributed by atoms with E-state index in [1.807, 2.05) is 0 Å². The molecule has 1 unspecified atom stereocenters. The monoisotopic (exact) mass is 394 g/mol. The Labute approximate surface area is 164 Å². The summed E-state index contributed by atoms with van der Waals surface area (Å²) in [6.07, 6.45) is 0.267. The van der Waals surface area contributed by atoms with Crippen LogP contribution in [-0.2, 0) is 35.0 Å². The first-order chi connectivity index (χ1) is 13.2. The fourth-order valence-electron chi connectivity index (χ4n) is 2.78. The van der Waals surface area contributed by atoms with E-state index in [4.69, 9.17) is 23.7 Å². The second kappa shape index (κ2) is 8.95. The first-order valence-electron chi connectivity index (χ1n) is 8.88. The molecule has 0 spiro atoms. The highest BCUT2D eigenvalue weighted by Crippen LogP contribution is 2.34. The van der Waals surface area contributed by atoms with Crippen LogP contribution in [0.25, 0.3) is 0 Å². The van der Waals surface area contributed by atoms with Crippen LogP contribution in [0.3, 0.4) is 0 Å². The Morgan fingerprint density at radius 3 is 2.21 bits per heavy atom. The van der Waals surface area contributed by atoms with E-state index in [1.165, 1.54) is 14.2 Å². The number of methoxy groups -OCH3 is 2. The molecule has 0 amide bonds. The molecule has 0 fully saturated rings. The van der Waals surface area contributed by atoms with Crippen molar-refractivity contribution >= 4 is 17.9 Å². The maximum absolute atomic E-state index is 12.3. The molecule has 8 nitrogen and oxygen atoms in total. The summed E-state index contributed by atoms with van der Waals surface area (Å²) in [6.45, 7) is 5.17. The van der Waals surface area contributed by atoms with Gasteiger partial charge in [-0.2, -0.15) is 0 Å². The Morgan fingerprint density at radius 1 is 1.04 bits per heavy atom. The highest BCUT2D eigenvalue weighted by atomic mass is 16.7. The molecule has 0 aliphatic carbocycles. The fourth-order valence-corrected chi connectivity index (χ4v) is 2.78. The number of esters is 3. The molecule has 0 bridgehead atoms. The molecule has 1 atom stereocenters. The van der Waals surface area contributed by atoms with Crippen LogP contribution in [0.4, 0.5) is 0 Å². The van der Waals surface area contributed by atoms with Gasteiger partial charge in [-0.15, -0.1) is 0 Å². The molecule has 1 aromatic carbocycles. The lowest BCUT2D eigenvalue weighted by atomic mass is 9.87. The van der Waals surface area contributed by atoms with Crippen molar-refractivity contribution in [1.82, 2.24) is 0 Å². The number of fused-ring (bicyclic) bond motifs is 1. The number of rotatable bonds is 7. The largest absolute Gasteiger partial charge is 0.468 e. The van der Waals surface area contributed by atoms with Gasteiger partial charge in [0.15, 0.2) is 17.4 Å². The van der Waals surface area contributed by atoms with E-state index in [0.29, 0.717) is 11.5 Å². The topological polar surface area (TPSA) is 97.4 Å². The minimum atomic E-state index is -1.23. The smallest absolute Gasteiger partial charge is 0.320 e. The van der Waals surface area contributed by atoms with Crippen molar-refractivity contribution in [3.05, 3.63) is 23.8 Å². The second-order valence-electron chi connectivity index (χ2n) is 7.52. The predicted octanol–water partition coefficient (Wildman–Crippen LogP) is 2.13. The van der Waals surface area contributed by atoms with E-state index in [9.17, 15) is 14.4 Å². The van der Waals surface area contributed by atoms with Gasteiger partial charge in [0.25, 0.3) is 0 Å². The lowest BCUT2D eigenvalue weighted by Gasteiger charge is -2.25. The standard InChI is InChI=1S/C20H26O8/c1-20(2,3)19(23)26-10-13(16(17(21)24-4)18(22)25-5)8-12-6-7-14-15(9-12)28-11-27-14/h6-7,9,13,16H,8,10-11H2,1-5H3. The summed E-state index contributed by atoms with van der Waals surface area (Å²) in [4.78, 5) is 36.7. The van der Waals surface area contributed by atoms with Gasteiger partial charge in [-0.25, -0.2) is 0 Å². The van der Waals surface area contributed by atoms with Gasteiger partial charge < -0.3 is 23.7 Å². The second-order valence-corrected chi connectivity index (χ2v) is 7.52. The SMILES string of the molecule is COC(=O)C(C(=O)OC)C(COC(=O)C(C)(C)C)Cc1ccc2c(c1)OCO2. The summed E-state index contributed by atoms with van der Waals surface area (Å²) in [5.41, 5.74) is 0.0776. The van der Waals surface area contributed by atoms with Crippen LogP contribution in [0.1, 0.15) is 26.3 Å². The number of carbonyl (C=O) groups is 3. The molecule has 0 saturated carbocycles. The number of carbonyl (C=O) groups excluding carboxylic acids is 3. The van der Waals surface area contributed by atoms with Crippen molar-refractivity contribution in [2.45, 2.75) is 27.2 Å². The minimum absolute atomic E-state index is 0.137. The van der Waals surface area contributed by atoms with Crippen molar-refractivity contribution in [3.8, 4) is 11.5 Å². The van der Waals surface area contributed by atoms with Crippen molar-refractivity contribution in [2.24, 2.45) is 17.3 Å². The first-order valence-corrected chi connectivity index (χ1v) is 8.88. The van der Waals surface area contributed by atoms with Crippen LogP contribution in [0.5, 0.6) is 11.5 Å². The predicted molar refractivity (Wildman–Crippen MR) is 97.7 cm³/mol. The van der Waals surface area contributed by atoms with E-state index in [2.05, 4.69) is 0 Å². The summed E-state index contributed by atoms with van der Waals surface area (Å²) in [7, 11) is 2.38. The van der Waals surface area contributed by atoms with Crippen molar-refractivity contribution in [3.63, 3.8) is 0 Å². The number of ether oxygens (including phenoxy) is 5. The summed E-state index contributed by atoms with van der Waals surface area (Å²) in [5.74, 6) is -2.63. The summed E-state index contributed by atoms with van der Waals surface area (Å²) >= 11 is 0. The van der Waals surface area contributed by atoms with Crippen molar-refractivity contribution in [2.75, 3.05) is 27.6 Å². The van der Waals surface area contributed by atoms with Gasteiger partial charge in [0.1, 0.15) is 0 Å². The van der Waals surface area contributed by atoms with Crippen molar-refractivity contribution < 1.29 is 38.1 Å². The molecule has 1 aliphatic rings. The molecule has 1 aliphatic heterocycles. The summed E-state index contributed by atoms with van der Waals surface area (Å²) in [6, 6.07) is 5.32. The molecule has 8 heteroatoms. The quantitative estimate of drug-likeness (QED) is 0.394. The molecule has 0 aromatic heterocycles. The Morgan fingerprint density at radius 2 is 1.64 bits per heavy atom. The minimum Gasteiger partial charge on any atom is -0.468 e. The Kier molecular flexibility index (Phi) is 6.88. The molecule has 0 N–H and O–H groups in total. The van der Waals surface area contributed by atoms with Gasteiger partial charge in [-0.3, -0.25) is 14.4 Å². The van der Waals surface area contributed by atoms with Gasteiger partial charge >= 0.3 is 17.9 Å². The number of hydrogen-bond donors (Lipinski definition) is 0. The zero-order valence-electron chi connectivity index (χ0n) is 16.8. The van der Waals surface area contributed by atoms with Crippen LogP contribution >= 0.6 is 0 Å². The molecule has 1 aromatic rings. The molecule has 0 radical (unpaired) electrons. The van der Waals surface area contributed by atoms with Gasteiger partial charge in [0.05, 0.1) is 26.2 Å². The van der Waals surface area contributed by atoms with E-state index in [-0.39, 0.29) is 19.8 Å². The maximum atomic E-state index is 12.3. The molecule has 154 valence electrons. The fraction of sp³-hybridized carbons (Fsp3) is 0.550. The van der Waals surface area contributed by atoms with Crippen molar-refractivity contribution in [1.29, 1.82) is 0 Å². The third-order valence-electron chi connectivity index (χ3n) is 4.36. The normalized spacial score (nSPS) is 13.8. The molecule has 0 saturated heterocycles. The van der Waals surface area contributed by atoms with E-state index >= 15 is 0 Å². The molecule has 28 heavy (non-hydrogen) atoms. The van der Waals surface area contributed by atoms with Crippen LogP contribution in [0.15, 0.2) is 18.2 Å². The van der Waals surface area contributed by atoms with Gasteiger partial charge in [0, 0.05) is 5.92 Å². The maximum Gasteiger partial charge on any atom is 0.320 e. The van der Waals surface area contributed by atoms with E-state index in [0.717, 1.165) is 5.56 Å². The molecule has 2 rings (SSSR count). The van der Waals surface area contributed by atoms with Crippen LogP contribution < -0.4 is 9.47 Å². The van der Waals surface area contributed by atoms with Gasteiger partial charge in [0.2, 0.25) is 6.79 Å². The average Bonchev–Trinajstić information content (AvgIpc) is 3.12. The van der Waals surface area contributed by atoms with Crippen LogP contribution in [0, 0.1) is 17.3 Å². The highest BCUT2D eigenvalue weighted by Gasteiger charge is 2.38. The summed E-state index contributed by atoms with van der Waals surface area (Å²) in [5, 5.41) is 0. The summed E-state index contributed by atoms with van der Waals surface area (Å²) < 4.78 is 25.6. The zero-order chi connectivity index (χ0) is 20.9.